The van der Waals surface area contributed by atoms with Crippen molar-refractivity contribution in [2.75, 3.05) is 0 Å². The van der Waals surface area contributed by atoms with Crippen LogP contribution >= 0.6 is 0 Å². The second kappa shape index (κ2) is 3.26. The number of ketones is 1. The van der Waals surface area contributed by atoms with Crippen LogP contribution in [0.5, 0.6) is 0 Å². The Morgan fingerprint density at radius 1 is 0.778 bits per heavy atom. The molecule has 0 fully saturated rings. The van der Waals surface area contributed by atoms with Gasteiger partial charge in [-0.05, 0) is 17.0 Å². The van der Waals surface area contributed by atoms with Crippen molar-refractivity contribution in [3.8, 4) is 11.1 Å². The van der Waals surface area contributed by atoms with E-state index in [4.69, 9.17) is 0 Å². The largest absolute Gasteiger partial charge is 0.287 e. The molecule has 2 heteroatoms. The summed E-state index contributed by atoms with van der Waals surface area (Å²) in [6.07, 6.45) is 1.67. The Morgan fingerprint density at radius 3 is 2.33 bits per heavy atom. The minimum absolute atomic E-state index is 0.0231. The van der Waals surface area contributed by atoms with Gasteiger partial charge < -0.3 is 0 Å². The molecule has 0 amide bonds. The Balaban J connectivity index is 2.28. The number of pyridine rings is 1. The van der Waals surface area contributed by atoms with Gasteiger partial charge in [0.2, 0.25) is 5.78 Å². The van der Waals surface area contributed by atoms with Gasteiger partial charge in [0, 0.05) is 22.7 Å². The molecule has 1 heterocycles. The summed E-state index contributed by atoms with van der Waals surface area (Å²) < 4.78 is 0. The molecule has 1 aliphatic rings. The summed E-state index contributed by atoms with van der Waals surface area (Å²) in [6.45, 7) is 0. The van der Waals surface area contributed by atoms with Crippen molar-refractivity contribution in [2.45, 2.75) is 0 Å². The molecule has 0 aliphatic heterocycles. The molecule has 2 aromatic carbocycles. The van der Waals surface area contributed by atoms with Crippen LogP contribution in [-0.4, -0.2) is 10.8 Å². The van der Waals surface area contributed by atoms with Crippen molar-refractivity contribution in [1.29, 1.82) is 0 Å². The van der Waals surface area contributed by atoms with Crippen molar-refractivity contribution < 1.29 is 4.79 Å². The topological polar surface area (TPSA) is 30.0 Å². The Bertz CT molecular complexity index is 800. The smallest absolute Gasteiger partial charge is 0.212 e. The molecule has 0 atom stereocenters. The van der Waals surface area contributed by atoms with Crippen LogP contribution in [0.1, 0.15) is 16.1 Å². The summed E-state index contributed by atoms with van der Waals surface area (Å²) in [5.74, 6) is 0.0231. The van der Waals surface area contributed by atoms with Gasteiger partial charge in [-0.3, -0.25) is 9.78 Å². The molecule has 0 saturated carbocycles. The Labute approximate surface area is 104 Å². The number of benzene rings is 2. The summed E-state index contributed by atoms with van der Waals surface area (Å²) in [4.78, 5) is 16.7. The van der Waals surface area contributed by atoms with E-state index in [1.807, 2.05) is 42.5 Å². The molecule has 0 N–H and O–H groups in total. The van der Waals surface area contributed by atoms with E-state index in [9.17, 15) is 4.79 Å². The van der Waals surface area contributed by atoms with Crippen LogP contribution in [-0.2, 0) is 0 Å². The van der Waals surface area contributed by atoms with Crippen LogP contribution in [0.25, 0.3) is 21.9 Å². The lowest BCUT2D eigenvalue weighted by atomic mass is 9.85. The van der Waals surface area contributed by atoms with Crippen LogP contribution < -0.4 is 0 Å². The van der Waals surface area contributed by atoms with E-state index in [1.165, 1.54) is 0 Å². The van der Waals surface area contributed by atoms with E-state index in [0.717, 1.165) is 27.5 Å². The monoisotopic (exact) mass is 231 g/mol. The molecule has 18 heavy (non-hydrogen) atoms. The average molecular weight is 231 g/mol. The lowest BCUT2D eigenvalue weighted by molar-refractivity contribution is 0.103. The molecule has 1 aliphatic carbocycles. The van der Waals surface area contributed by atoms with Gasteiger partial charge in [-0.15, -0.1) is 0 Å². The van der Waals surface area contributed by atoms with Crippen molar-refractivity contribution >= 4 is 16.6 Å². The molecule has 2 nitrogen and oxygen atoms in total. The normalized spacial score (nSPS) is 12.6. The molecule has 0 saturated heterocycles. The summed E-state index contributed by atoms with van der Waals surface area (Å²) >= 11 is 0. The lowest BCUT2D eigenvalue weighted by Gasteiger charge is -2.18. The number of aromatic nitrogens is 1. The first-order valence-corrected chi connectivity index (χ1v) is 5.88. The molecule has 0 bridgehead atoms. The first-order valence-electron chi connectivity index (χ1n) is 5.88. The second-order valence-electron chi connectivity index (χ2n) is 4.44. The van der Waals surface area contributed by atoms with E-state index in [0.29, 0.717) is 5.69 Å². The Kier molecular flexibility index (Phi) is 1.73. The Hall–Kier alpha value is -2.48. The van der Waals surface area contributed by atoms with E-state index >= 15 is 0 Å². The number of hydrogen-bond acceptors (Lipinski definition) is 2. The maximum atomic E-state index is 12.4. The SMILES string of the molecule is O=C1c2ncccc2-c2cccc3cccc1c23. The number of rotatable bonds is 0. The van der Waals surface area contributed by atoms with E-state index in [2.05, 4.69) is 11.1 Å². The summed E-state index contributed by atoms with van der Waals surface area (Å²) in [6, 6.07) is 15.8. The van der Waals surface area contributed by atoms with Gasteiger partial charge in [-0.2, -0.15) is 0 Å². The lowest BCUT2D eigenvalue weighted by Crippen LogP contribution is -2.11. The third-order valence-corrected chi connectivity index (χ3v) is 3.46. The van der Waals surface area contributed by atoms with Crippen molar-refractivity contribution in [1.82, 2.24) is 4.98 Å². The van der Waals surface area contributed by atoms with Gasteiger partial charge in [0.25, 0.3) is 0 Å². The van der Waals surface area contributed by atoms with E-state index < -0.39 is 0 Å². The van der Waals surface area contributed by atoms with Gasteiger partial charge in [0.05, 0.1) is 0 Å². The maximum Gasteiger partial charge on any atom is 0.212 e. The fourth-order valence-corrected chi connectivity index (χ4v) is 2.69. The highest BCUT2D eigenvalue weighted by atomic mass is 16.1. The highest BCUT2D eigenvalue weighted by molar-refractivity contribution is 6.24. The van der Waals surface area contributed by atoms with Gasteiger partial charge in [0.15, 0.2) is 0 Å². The van der Waals surface area contributed by atoms with Crippen molar-refractivity contribution in [3.05, 3.63) is 66.0 Å². The first kappa shape index (κ1) is 9.54. The molecule has 84 valence electrons. The van der Waals surface area contributed by atoms with E-state index in [-0.39, 0.29) is 5.78 Å². The Morgan fingerprint density at radius 2 is 1.50 bits per heavy atom. The summed E-state index contributed by atoms with van der Waals surface area (Å²) in [5.41, 5.74) is 3.36. The molecule has 0 spiro atoms. The minimum atomic E-state index is 0.0231. The van der Waals surface area contributed by atoms with E-state index in [1.54, 1.807) is 6.20 Å². The first-order chi connectivity index (χ1) is 8.86. The van der Waals surface area contributed by atoms with Gasteiger partial charge in [-0.25, -0.2) is 0 Å². The molecule has 0 unspecified atom stereocenters. The van der Waals surface area contributed by atoms with Crippen molar-refractivity contribution in [3.63, 3.8) is 0 Å². The molecular formula is C16H9NO. The predicted octanol–water partition coefficient (Wildman–Crippen LogP) is 3.45. The highest BCUT2D eigenvalue weighted by Gasteiger charge is 2.25. The summed E-state index contributed by atoms with van der Waals surface area (Å²) in [7, 11) is 0. The number of hydrogen-bond donors (Lipinski definition) is 0. The third-order valence-electron chi connectivity index (χ3n) is 3.46. The molecule has 1 aromatic heterocycles. The molecule has 4 rings (SSSR count). The number of nitrogens with zero attached hydrogens (tertiary/aromatic N) is 1. The fraction of sp³-hybridized carbons (Fsp3) is 0. The average Bonchev–Trinajstić information content (AvgIpc) is 2.44. The zero-order chi connectivity index (χ0) is 12.1. The van der Waals surface area contributed by atoms with Crippen LogP contribution in [0, 0.1) is 0 Å². The molecule has 0 radical (unpaired) electrons. The van der Waals surface area contributed by atoms with Crippen LogP contribution in [0.4, 0.5) is 0 Å². The van der Waals surface area contributed by atoms with Crippen LogP contribution in [0.3, 0.4) is 0 Å². The minimum Gasteiger partial charge on any atom is -0.287 e. The number of fused-ring (bicyclic) bond motifs is 2. The molecule has 3 aromatic rings. The predicted molar refractivity (Wildman–Crippen MR) is 70.6 cm³/mol. The highest BCUT2D eigenvalue weighted by Crippen LogP contribution is 2.37. The zero-order valence-electron chi connectivity index (χ0n) is 9.55. The molecular weight excluding hydrogens is 222 g/mol. The summed E-state index contributed by atoms with van der Waals surface area (Å²) in [5, 5.41) is 2.15. The number of carbonyl (C=O) groups excluding carboxylic acids is 1. The van der Waals surface area contributed by atoms with Crippen LogP contribution in [0.15, 0.2) is 54.7 Å². The second-order valence-corrected chi connectivity index (χ2v) is 4.44. The van der Waals surface area contributed by atoms with Crippen molar-refractivity contribution in [2.24, 2.45) is 0 Å². The quantitative estimate of drug-likeness (QED) is 0.464. The van der Waals surface area contributed by atoms with Gasteiger partial charge in [0.1, 0.15) is 5.69 Å². The fourth-order valence-electron chi connectivity index (χ4n) is 2.69. The van der Waals surface area contributed by atoms with Crippen LogP contribution in [0.2, 0.25) is 0 Å². The standard InChI is InChI=1S/C16H9NO/c18-16-13-7-2-5-10-4-1-6-11(14(10)13)12-8-3-9-17-15(12)16/h1-9H. The zero-order valence-corrected chi connectivity index (χ0v) is 9.55. The van der Waals surface area contributed by atoms with Gasteiger partial charge in [-0.1, -0.05) is 42.5 Å². The van der Waals surface area contributed by atoms with Gasteiger partial charge >= 0.3 is 0 Å². The number of carbonyl (C=O) groups is 1. The third kappa shape index (κ3) is 1.07. The maximum absolute atomic E-state index is 12.4.